The van der Waals surface area contributed by atoms with Gasteiger partial charge in [-0.3, -0.25) is 4.99 Å². The van der Waals surface area contributed by atoms with Gasteiger partial charge in [-0.2, -0.15) is 0 Å². The lowest BCUT2D eigenvalue weighted by Gasteiger charge is -2.18. The zero-order chi connectivity index (χ0) is 15.3. The fourth-order valence-corrected chi connectivity index (χ4v) is 2.48. The summed E-state index contributed by atoms with van der Waals surface area (Å²) in [6.45, 7) is 9.92. The molecular formula is C16H34N4O. The number of likely N-dealkylation sites (N-methyl/N-ethyl adjacent to an activating group) is 1. The minimum Gasteiger partial charge on any atom is -0.381 e. The van der Waals surface area contributed by atoms with Crippen molar-refractivity contribution in [1.82, 2.24) is 15.5 Å². The fraction of sp³-hybridized carbons (Fsp3) is 0.938. The van der Waals surface area contributed by atoms with E-state index in [-0.39, 0.29) is 0 Å². The topological polar surface area (TPSA) is 48.9 Å². The number of unbranched alkanes of at least 4 members (excludes halogenated alkanes) is 1. The van der Waals surface area contributed by atoms with Crippen LogP contribution >= 0.6 is 0 Å². The van der Waals surface area contributed by atoms with E-state index in [0.29, 0.717) is 6.04 Å². The van der Waals surface area contributed by atoms with Crippen LogP contribution in [0.1, 0.15) is 46.0 Å². The third-order valence-corrected chi connectivity index (χ3v) is 3.88. The molecule has 0 spiro atoms. The van der Waals surface area contributed by atoms with Crippen LogP contribution in [-0.2, 0) is 4.74 Å². The summed E-state index contributed by atoms with van der Waals surface area (Å²) in [5.41, 5.74) is 0. The van der Waals surface area contributed by atoms with E-state index < -0.39 is 0 Å². The molecule has 1 aliphatic rings. The van der Waals surface area contributed by atoms with Crippen molar-refractivity contribution < 1.29 is 4.74 Å². The number of rotatable bonds is 10. The van der Waals surface area contributed by atoms with Crippen LogP contribution in [0, 0.1) is 0 Å². The number of nitrogens with zero attached hydrogens (tertiary/aromatic N) is 2. The first-order valence-electron chi connectivity index (χ1n) is 8.58. The first-order valence-corrected chi connectivity index (χ1v) is 8.58. The number of nitrogens with one attached hydrogen (secondary N) is 2. The van der Waals surface area contributed by atoms with Gasteiger partial charge in [0.25, 0.3) is 0 Å². The molecular weight excluding hydrogens is 264 g/mol. The van der Waals surface area contributed by atoms with Crippen molar-refractivity contribution in [2.24, 2.45) is 4.99 Å². The second kappa shape index (κ2) is 11.8. The first-order chi connectivity index (χ1) is 10.3. The molecule has 0 radical (unpaired) electrons. The third kappa shape index (κ3) is 8.27. The molecule has 21 heavy (non-hydrogen) atoms. The maximum absolute atomic E-state index is 5.56. The van der Waals surface area contributed by atoms with Crippen LogP contribution in [-0.4, -0.2) is 63.3 Å². The predicted octanol–water partition coefficient (Wildman–Crippen LogP) is 1.84. The van der Waals surface area contributed by atoms with Crippen molar-refractivity contribution >= 4 is 5.96 Å². The number of ether oxygens (including phenoxy) is 1. The minimum absolute atomic E-state index is 0.609. The monoisotopic (exact) mass is 298 g/mol. The Morgan fingerprint density at radius 3 is 2.71 bits per heavy atom. The zero-order valence-corrected chi connectivity index (χ0v) is 14.2. The molecule has 0 aliphatic carbocycles. The largest absolute Gasteiger partial charge is 0.381 e. The summed E-state index contributed by atoms with van der Waals surface area (Å²) in [7, 11) is 2.20. The molecule has 1 rings (SSSR count). The molecule has 124 valence electrons. The first kappa shape index (κ1) is 18.2. The lowest BCUT2D eigenvalue weighted by molar-refractivity contribution is 0.129. The maximum atomic E-state index is 5.56. The molecule has 0 aromatic rings. The average Bonchev–Trinajstić information content (AvgIpc) is 2.89. The quantitative estimate of drug-likeness (QED) is 0.367. The highest BCUT2D eigenvalue weighted by Crippen LogP contribution is 2.14. The summed E-state index contributed by atoms with van der Waals surface area (Å²) >= 11 is 0. The van der Waals surface area contributed by atoms with Crippen molar-refractivity contribution in [3.05, 3.63) is 0 Å². The van der Waals surface area contributed by atoms with E-state index in [9.17, 15) is 0 Å². The number of likely N-dealkylation sites (tertiary alicyclic amines) is 1. The van der Waals surface area contributed by atoms with Crippen molar-refractivity contribution in [3.63, 3.8) is 0 Å². The SMILES string of the molecule is CCCCOCCCNC(=NCC1CCCN1C)NCC. The van der Waals surface area contributed by atoms with Crippen LogP contribution in [0.4, 0.5) is 0 Å². The summed E-state index contributed by atoms with van der Waals surface area (Å²) in [5, 5.41) is 6.70. The van der Waals surface area contributed by atoms with Crippen LogP contribution in [0.2, 0.25) is 0 Å². The molecule has 2 N–H and O–H groups in total. The summed E-state index contributed by atoms with van der Waals surface area (Å²) in [6.07, 6.45) is 5.95. The van der Waals surface area contributed by atoms with Gasteiger partial charge in [-0.15, -0.1) is 0 Å². The van der Waals surface area contributed by atoms with Crippen LogP contribution in [0.25, 0.3) is 0 Å². The Hall–Kier alpha value is -0.810. The lowest BCUT2D eigenvalue weighted by atomic mass is 10.2. The van der Waals surface area contributed by atoms with Gasteiger partial charge in [0, 0.05) is 32.3 Å². The molecule has 1 heterocycles. The molecule has 0 bridgehead atoms. The zero-order valence-electron chi connectivity index (χ0n) is 14.2. The highest BCUT2D eigenvalue weighted by Gasteiger charge is 2.20. The Bertz CT molecular complexity index is 283. The molecule has 0 aromatic carbocycles. The number of aliphatic imine (C=N–C) groups is 1. The molecule has 1 saturated heterocycles. The average molecular weight is 298 g/mol. The van der Waals surface area contributed by atoms with Crippen LogP contribution in [0.3, 0.4) is 0 Å². The van der Waals surface area contributed by atoms with E-state index >= 15 is 0 Å². The number of hydrogen-bond donors (Lipinski definition) is 2. The maximum Gasteiger partial charge on any atom is 0.191 e. The van der Waals surface area contributed by atoms with Gasteiger partial charge in [0.15, 0.2) is 5.96 Å². The Labute approximate surface area is 130 Å². The van der Waals surface area contributed by atoms with E-state index in [0.717, 1.165) is 51.6 Å². The van der Waals surface area contributed by atoms with Gasteiger partial charge in [0.05, 0.1) is 6.54 Å². The third-order valence-electron chi connectivity index (χ3n) is 3.88. The molecule has 1 aliphatic heterocycles. The van der Waals surface area contributed by atoms with Gasteiger partial charge in [-0.05, 0) is 46.2 Å². The smallest absolute Gasteiger partial charge is 0.191 e. The molecule has 0 saturated carbocycles. The Kier molecular flexibility index (Phi) is 10.3. The van der Waals surface area contributed by atoms with Gasteiger partial charge in [-0.1, -0.05) is 13.3 Å². The predicted molar refractivity (Wildman–Crippen MR) is 90.0 cm³/mol. The molecule has 0 aromatic heterocycles. The van der Waals surface area contributed by atoms with Crippen LogP contribution in [0.15, 0.2) is 4.99 Å². The van der Waals surface area contributed by atoms with E-state index in [4.69, 9.17) is 9.73 Å². The van der Waals surface area contributed by atoms with E-state index in [1.54, 1.807) is 0 Å². The van der Waals surface area contributed by atoms with Gasteiger partial charge in [0.1, 0.15) is 0 Å². The summed E-state index contributed by atoms with van der Waals surface area (Å²) in [6, 6.07) is 0.609. The Balaban J connectivity index is 2.16. The normalized spacial score (nSPS) is 20.0. The molecule has 0 amide bonds. The van der Waals surface area contributed by atoms with E-state index in [1.165, 1.54) is 25.8 Å². The highest BCUT2D eigenvalue weighted by molar-refractivity contribution is 5.79. The number of guanidine groups is 1. The minimum atomic E-state index is 0.609. The van der Waals surface area contributed by atoms with Crippen molar-refractivity contribution in [2.75, 3.05) is 46.4 Å². The summed E-state index contributed by atoms with van der Waals surface area (Å²) < 4.78 is 5.56. The Morgan fingerprint density at radius 1 is 1.24 bits per heavy atom. The second-order valence-electron chi connectivity index (χ2n) is 5.74. The molecule has 5 heteroatoms. The van der Waals surface area contributed by atoms with Crippen LogP contribution in [0.5, 0.6) is 0 Å². The van der Waals surface area contributed by atoms with Crippen molar-refractivity contribution in [3.8, 4) is 0 Å². The van der Waals surface area contributed by atoms with Crippen LogP contribution < -0.4 is 10.6 Å². The Morgan fingerprint density at radius 2 is 2.05 bits per heavy atom. The molecule has 1 atom stereocenters. The van der Waals surface area contributed by atoms with Crippen molar-refractivity contribution in [2.45, 2.75) is 52.0 Å². The lowest BCUT2D eigenvalue weighted by Crippen LogP contribution is -2.39. The van der Waals surface area contributed by atoms with Gasteiger partial charge in [-0.25, -0.2) is 0 Å². The summed E-state index contributed by atoms with van der Waals surface area (Å²) in [5.74, 6) is 0.936. The standard InChI is InChI=1S/C16H34N4O/c1-4-6-12-21-13-8-10-18-16(17-5-2)19-14-15-9-7-11-20(15)3/h15H,4-14H2,1-3H3,(H2,17,18,19). The molecule has 1 fully saturated rings. The van der Waals surface area contributed by atoms with E-state index in [1.807, 2.05) is 0 Å². The van der Waals surface area contributed by atoms with Gasteiger partial charge >= 0.3 is 0 Å². The van der Waals surface area contributed by atoms with Gasteiger partial charge in [0.2, 0.25) is 0 Å². The molecule has 1 unspecified atom stereocenters. The fourth-order valence-electron chi connectivity index (χ4n) is 2.48. The molecule has 5 nitrogen and oxygen atoms in total. The van der Waals surface area contributed by atoms with Crippen molar-refractivity contribution in [1.29, 1.82) is 0 Å². The summed E-state index contributed by atoms with van der Waals surface area (Å²) in [4.78, 5) is 7.12. The second-order valence-corrected chi connectivity index (χ2v) is 5.74. The number of hydrogen-bond acceptors (Lipinski definition) is 3. The van der Waals surface area contributed by atoms with E-state index in [2.05, 4.69) is 36.4 Å². The van der Waals surface area contributed by atoms with Gasteiger partial charge < -0.3 is 20.3 Å². The highest BCUT2D eigenvalue weighted by atomic mass is 16.5.